The number of aliphatic carboxylic acids is 1. The van der Waals surface area contributed by atoms with Crippen molar-refractivity contribution < 1.29 is 27.9 Å². The van der Waals surface area contributed by atoms with Crippen LogP contribution in [0.25, 0.3) is 0 Å². The van der Waals surface area contributed by atoms with Crippen molar-refractivity contribution in [1.29, 1.82) is 0 Å². The zero-order chi connectivity index (χ0) is 16.4. The lowest BCUT2D eigenvalue weighted by Gasteiger charge is -2.29. The lowest BCUT2D eigenvalue weighted by atomic mass is 9.78. The molecule has 3 fully saturated rings. The van der Waals surface area contributed by atoms with Gasteiger partial charge in [0.05, 0.1) is 22.8 Å². The van der Waals surface area contributed by atoms with Gasteiger partial charge >= 0.3 is 11.9 Å². The largest absolute Gasteiger partial charge is 0.481 e. The highest BCUT2D eigenvalue weighted by Gasteiger charge is 2.69. The number of carboxylic acid groups (broad SMARTS) is 1. The molecule has 7 nitrogen and oxygen atoms in total. The molecule has 1 aromatic rings. The first-order valence-corrected chi connectivity index (χ1v) is 8.89. The van der Waals surface area contributed by atoms with E-state index in [-0.39, 0.29) is 10.8 Å². The third kappa shape index (κ3) is 2.01. The van der Waals surface area contributed by atoms with Gasteiger partial charge in [0.1, 0.15) is 6.10 Å². The van der Waals surface area contributed by atoms with Gasteiger partial charge in [-0.05, 0) is 24.5 Å². The van der Waals surface area contributed by atoms with Crippen molar-refractivity contribution >= 4 is 22.0 Å². The third-order valence-electron chi connectivity index (χ3n) is 5.25. The number of carbonyl (C=O) groups is 2. The molecule has 1 aromatic carbocycles. The van der Waals surface area contributed by atoms with Crippen molar-refractivity contribution in [3.05, 3.63) is 30.3 Å². The zero-order valence-corrected chi connectivity index (χ0v) is 12.8. The summed E-state index contributed by atoms with van der Waals surface area (Å²) in [7, 11) is -3.79. The summed E-state index contributed by atoms with van der Waals surface area (Å²) in [5.74, 6) is -3.73. The van der Waals surface area contributed by atoms with E-state index in [9.17, 15) is 23.1 Å². The number of esters is 1. The smallest absolute Gasteiger partial charge is 0.310 e. The summed E-state index contributed by atoms with van der Waals surface area (Å²) in [6.45, 7) is 0. The molecule has 2 aliphatic carbocycles. The fourth-order valence-corrected chi connectivity index (χ4v) is 5.71. The van der Waals surface area contributed by atoms with E-state index in [1.54, 1.807) is 18.2 Å². The van der Waals surface area contributed by atoms with Crippen LogP contribution in [0, 0.1) is 23.7 Å². The molecule has 1 saturated heterocycles. The van der Waals surface area contributed by atoms with Crippen LogP contribution in [0.2, 0.25) is 0 Å². The van der Waals surface area contributed by atoms with Gasteiger partial charge in [-0.3, -0.25) is 9.59 Å². The van der Waals surface area contributed by atoms with Gasteiger partial charge in [0.25, 0.3) is 0 Å². The molecular weight excluding hydrogens is 322 g/mol. The van der Waals surface area contributed by atoms with Crippen LogP contribution in [-0.2, 0) is 24.3 Å². The van der Waals surface area contributed by atoms with E-state index >= 15 is 0 Å². The van der Waals surface area contributed by atoms with Gasteiger partial charge in [0.15, 0.2) is 0 Å². The minimum absolute atomic E-state index is 0.107. The number of benzene rings is 1. The number of hydrogen-bond acceptors (Lipinski definition) is 5. The highest BCUT2D eigenvalue weighted by Crippen LogP contribution is 2.57. The molecule has 0 amide bonds. The van der Waals surface area contributed by atoms with Gasteiger partial charge in [0, 0.05) is 5.92 Å². The van der Waals surface area contributed by atoms with Crippen molar-refractivity contribution in [2.24, 2.45) is 23.7 Å². The van der Waals surface area contributed by atoms with Crippen LogP contribution in [0.15, 0.2) is 35.2 Å². The van der Waals surface area contributed by atoms with Gasteiger partial charge in [0.2, 0.25) is 10.0 Å². The van der Waals surface area contributed by atoms with E-state index in [2.05, 4.69) is 4.72 Å². The maximum atomic E-state index is 12.5. The number of hydrogen-bond donors (Lipinski definition) is 2. The normalized spacial score (nSPS) is 37.8. The predicted molar refractivity (Wildman–Crippen MR) is 76.6 cm³/mol. The number of carboxylic acids is 1. The Kier molecular flexibility index (Phi) is 3.05. The molecule has 0 radical (unpaired) electrons. The van der Waals surface area contributed by atoms with Gasteiger partial charge < -0.3 is 9.84 Å². The fourth-order valence-electron chi connectivity index (χ4n) is 4.39. The Bertz CT molecular complexity index is 776. The quantitative estimate of drug-likeness (QED) is 0.761. The summed E-state index contributed by atoms with van der Waals surface area (Å²) in [4.78, 5) is 23.6. The van der Waals surface area contributed by atoms with E-state index in [4.69, 9.17) is 4.74 Å². The first-order chi connectivity index (χ1) is 10.9. The van der Waals surface area contributed by atoms with E-state index < -0.39 is 51.9 Å². The molecule has 1 aliphatic heterocycles. The van der Waals surface area contributed by atoms with Crippen LogP contribution in [0.1, 0.15) is 6.42 Å². The highest BCUT2D eigenvalue weighted by atomic mass is 32.2. The Morgan fingerprint density at radius 2 is 1.91 bits per heavy atom. The molecule has 0 unspecified atom stereocenters. The van der Waals surface area contributed by atoms with Crippen LogP contribution in [0.5, 0.6) is 0 Å². The number of nitrogens with one attached hydrogen (secondary N) is 1. The van der Waals surface area contributed by atoms with Crippen LogP contribution in [-0.4, -0.2) is 37.6 Å². The lowest BCUT2D eigenvalue weighted by molar-refractivity contribution is -0.151. The van der Waals surface area contributed by atoms with Crippen molar-refractivity contribution in [3.8, 4) is 0 Å². The molecule has 4 rings (SSSR count). The average molecular weight is 337 g/mol. The summed E-state index contributed by atoms with van der Waals surface area (Å²) in [5.41, 5.74) is 0. The molecule has 0 spiro atoms. The lowest BCUT2D eigenvalue weighted by Crippen LogP contribution is -2.50. The fraction of sp³-hybridized carbons (Fsp3) is 0.467. The Morgan fingerprint density at radius 1 is 1.22 bits per heavy atom. The summed E-state index contributed by atoms with van der Waals surface area (Å²) < 4.78 is 32.8. The minimum Gasteiger partial charge on any atom is -0.481 e. The summed E-state index contributed by atoms with van der Waals surface area (Å²) >= 11 is 0. The van der Waals surface area contributed by atoms with Crippen molar-refractivity contribution in [2.75, 3.05) is 0 Å². The van der Waals surface area contributed by atoms with Gasteiger partial charge in [-0.25, -0.2) is 13.1 Å². The highest BCUT2D eigenvalue weighted by molar-refractivity contribution is 7.89. The Labute approximate surface area is 132 Å². The second kappa shape index (κ2) is 4.78. The average Bonchev–Trinajstić information content (AvgIpc) is 3.11. The van der Waals surface area contributed by atoms with Crippen LogP contribution in [0.3, 0.4) is 0 Å². The first kappa shape index (κ1) is 14.6. The molecule has 1 heterocycles. The molecule has 0 aromatic heterocycles. The minimum atomic E-state index is -3.79. The molecule has 23 heavy (non-hydrogen) atoms. The second-order valence-corrected chi connectivity index (χ2v) is 8.03. The number of carbonyl (C=O) groups excluding carboxylic acids is 1. The first-order valence-electron chi connectivity index (χ1n) is 7.41. The number of rotatable bonds is 4. The van der Waals surface area contributed by atoms with Gasteiger partial charge in [-0.15, -0.1) is 0 Å². The van der Waals surface area contributed by atoms with Gasteiger partial charge in [-0.2, -0.15) is 0 Å². The molecule has 2 N–H and O–H groups in total. The predicted octanol–water partition coefficient (Wildman–Crippen LogP) is 0.226. The summed E-state index contributed by atoms with van der Waals surface area (Å²) in [6.07, 6.45) is -0.0633. The molecule has 122 valence electrons. The standard InChI is InChI=1S/C15H15NO6S/c17-14(18)10-8-6-9-11(10)15(19)22-13(9)12(8)16-23(20,21)7-4-2-1-3-5-7/h1-5,8-13,16H,6H2,(H,17,18)/t8-,9+,10-,11+,12+,13+/m1/s1. The molecule has 2 bridgehead atoms. The monoisotopic (exact) mass is 337 g/mol. The molecule has 8 heteroatoms. The Morgan fingerprint density at radius 3 is 2.57 bits per heavy atom. The van der Waals surface area contributed by atoms with Crippen LogP contribution >= 0.6 is 0 Å². The molecule has 2 saturated carbocycles. The maximum Gasteiger partial charge on any atom is 0.310 e. The van der Waals surface area contributed by atoms with Gasteiger partial charge in [-0.1, -0.05) is 18.2 Å². The van der Waals surface area contributed by atoms with Crippen LogP contribution < -0.4 is 4.72 Å². The second-order valence-electron chi connectivity index (χ2n) is 6.31. The topological polar surface area (TPSA) is 110 Å². The van der Waals surface area contributed by atoms with Crippen LogP contribution in [0.4, 0.5) is 0 Å². The third-order valence-corrected chi connectivity index (χ3v) is 6.72. The van der Waals surface area contributed by atoms with E-state index in [0.29, 0.717) is 6.42 Å². The maximum absolute atomic E-state index is 12.5. The van der Waals surface area contributed by atoms with E-state index in [1.165, 1.54) is 12.1 Å². The van der Waals surface area contributed by atoms with Crippen molar-refractivity contribution in [2.45, 2.75) is 23.5 Å². The summed E-state index contributed by atoms with van der Waals surface area (Å²) in [5, 5.41) is 9.42. The van der Waals surface area contributed by atoms with Crippen molar-refractivity contribution in [1.82, 2.24) is 4.72 Å². The van der Waals surface area contributed by atoms with E-state index in [1.807, 2.05) is 0 Å². The molecule has 3 aliphatic rings. The Balaban J connectivity index is 1.66. The molecule has 6 atom stereocenters. The number of ether oxygens (including phenoxy) is 1. The number of fused-ring (bicyclic) bond motifs is 1. The zero-order valence-electron chi connectivity index (χ0n) is 12.0. The molecular formula is C15H15NO6S. The summed E-state index contributed by atoms with van der Waals surface area (Å²) in [6, 6.07) is 7.18. The Hall–Kier alpha value is -1.93. The van der Waals surface area contributed by atoms with Crippen molar-refractivity contribution in [3.63, 3.8) is 0 Å². The SMILES string of the molecule is O=C(O)[C@@H]1[C@H]2C[C@@H]3[C@H](OC(=O)[C@@H]31)[C@H]2NS(=O)(=O)c1ccccc1. The van der Waals surface area contributed by atoms with E-state index in [0.717, 1.165) is 0 Å². The number of sulfonamides is 1.